The van der Waals surface area contributed by atoms with E-state index in [0.717, 1.165) is 12.8 Å². The lowest BCUT2D eigenvalue weighted by Gasteiger charge is -2.32. The van der Waals surface area contributed by atoms with Gasteiger partial charge in [0.1, 0.15) is 5.69 Å². The summed E-state index contributed by atoms with van der Waals surface area (Å²) in [6, 6.07) is 5.52. The number of nitrogens with zero attached hydrogens (tertiary/aromatic N) is 2. The Morgan fingerprint density at radius 2 is 2.00 bits per heavy atom. The van der Waals surface area contributed by atoms with Crippen molar-refractivity contribution in [2.45, 2.75) is 32.7 Å². The quantitative estimate of drug-likeness (QED) is 0.908. The molecule has 0 aromatic carbocycles. The van der Waals surface area contributed by atoms with Gasteiger partial charge in [-0.25, -0.2) is 0 Å². The number of likely N-dealkylation sites (tertiary alicyclic amines) is 1. The highest BCUT2D eigenvalue weighted by atomic mass is 16.2. The Kier molecular flexibility index (Phi) is 4.71. The second-order valence-electron chi connectivity index (χ2n) is 5.44. The molecule has 0 atom stereocenters. The molecule has 0 saturated carbocycles. The molecule has 1 aromatic rings. The van der Waals surface area contributed by atoms with Crippen molar-refractivity contribution in [3.8, 4) is 0 Å². The summed E-state index contributed by atoms with van der Waals surface area (Å²) in [4.78, 5) is 29.7. The summed E-state index contributed by atoms with van der Waals surface area (Å²) in [6.45, 7) is 5.10. The van der Waals surface area contributed by atoms with E-state index in [-0.39, 0.29) is 23.8 Å². The fourth-order valence-electron chi connectivity index (χ4n) is 2.25. The predicted octanol–water partition coefficient (Wildman–Crippen LogP) is 1.46. The lowest BCUT2D eigenvalue weighted by molar-refractivity contribution is -0.124. The zero-order chi connectivity index (χ0) is 14.5. The summed E-state index contributed by atoms with van der Waals surface area (Å²) in [7, 11) is 0. The van der Waals surface area contributed by atoms with Crippen LogP contribution in [-0.4, -0.2) is 40.8 Å². The minimum absolute atomic E-state index is 0.00294. The molecular formula is C15H21N3O2. The molecule has 5 nitrogen and oxygen atoms in total. The van der Waals surface area contributed by atoms with Gasteiger partial charge in [0, 0.05) is 31.2 Å². The molecule has 1 fully saturated rings. The van der Waals surface area contributed by atoms with E-state index in [1.54, 1.807) is 23.2 Å². The van der Waals surface area contributed by atoms with Crippen molar-refractivity contribution in [2.75, 3.05) is 13.1 Å². The van der Waals surface area contributed by atoms with Crippen molar-refractivity contribution in [1.29, 1.82) is 0 Å². The summed E-state index contributed by atoms with van der Waals surface area (Å²) in [5.41, 5.74) is 0.483. The third-order valence-corrected chi connectivity index (χ3v) is 3.54. The first-order chi connectivity index (χ1) is 9.58. The average molecular weight is 275 g/mol. The molecular weight excluding hydrogens is 254 g/mol. The highest BCUT2D eigenvalue weighted by molar-refractivity contribution is 5.92. The minimum atomic E-state index is -0.0285. The van der Waals surface area contributed by atoms with Gasteiger partial charge in [0.15, 0.2) is 0 Å². The van der Waals surface area contributed by atoms with Gasteiger partial charge in [0.25, 0.3) is 5.91 Å². The van der Waals surface area contributed by atoms with Crippen LogP contribution in [0.25, 0.3) is 0 Å². The van der Waals surface area contributed by atoms with Crippen LogP contribution in [0.2, 0.25) is 0 Å². The topological polar surface area (TPSA) is 62.3 Å². The molecule has 0 aliphatic carbocycles. The zero-order valence-corrected chi connectivity index (χ0v) is 12.0. The van der Waals surface area contributed by atoms with Gasteiger partial charge < -0.3 is 10.2 Å². The molecule has 108 valence electrons. The lowest BCUT2D eigenvalue weighted by atomic mass is 10.0. The monoisotopic (exact) mass is 275 g/mol. The third-order valence-electron chi connectivity index (χ3n) is 3.54. The maximum absolute atomic E-state index is 12.2. The molecule has 20 heavy (non-hydrogen) atoms. The number of amides is 2. The summed E-state index contributed by atoms with van der Waals surface area (Å²) < 4.78 is 0. The van der Waals surface area contributed by atoms with E-state index in [2.05, 4.69) is 10.3 Å². The molecule has 1 aliphatic rings. The molecule has 0 bridgehead atoms. The van der Waals surface area contributed by atoms with Gasteiger partial charge in [-0.15, -0.1) is 0 Å². The van der Waals surface area contributed by atoms with Crippen LogP contribution in [0.15, 0.2) is 24.4 Å². The van der Waals surface area contributed by atoms with Crippen LogP contribution in [0.4, 0.5) is 0 Å². The standard InChI is InChI=1S/C15H21N3O2/c1-11(2)14(19)17-12-6-9-18(10-7-12)15(20)13-5-3-4-8-16-13/h3-5,8,11-12H,6-7,9-10H2,1-2H3,(H,17,19). The van der Waals surface area contributed by atoms with E-state index in [9.17, 15) is 9.59 Å². The second kappa shape index (κ2) is 6.50. The van der Waals surface area contributed by atoms with Crippen LogP contribution < -0.4 is 5.32 Å². The molecule has 0 radical (unpaired) electrons. The summed E-state index contributed by atoms with van der Waals surface area (Å²) in [5.74, 6) is 0.0573. The maximum Gasteiger partial charge on any atom is 0.272 e. The van der Waals surface area contributed by atoms with Crippen molar-refractivity contribution in [1.82, 2.24) is 15.2 Å². The molecule has 2 rings (SSSR count). The molecule has 2 amide bonds. The van der Waals surface area contributed by atoms with Gasteiger partial charge >= 0.3 is 0 Å². The molecule has 5 heteroatoms. The van der Waals surface area contributed by atoms with E-state index in [1.807, 2.05) is 19.9 Å². The number of nitrogens with one attached hydrogen (secondary N) is 1. The van der Waals surface area contributed by atoms with Crippen LogP contribution in [0.3, 0.4) is 0 Å². The number of carbonyl (C=O) groups is 2. The van der Waals surface area contributed by atoms with Gasteiger partial charge in [-0.3, -0.25) is 14.6 Å². The Morgan fingerprint density at radius 1 is 1.30 bits per heavy atom. The van der Waals surface area contributed by atoms with E-state index in [1.165, 1.54) is 0 Å². The lowest BCUT2D eigenvalue weighted by Crippen LogP contribution is -2.47. The summed E-state index contributed by atoms with van der Waals surface area (Å²) in [6.07, 6.45) is 3.23. The van der Waals surface area contributed by atoms with Crippen molar-refractivity contribution in [3.05, 3.63) is 30.1 Å². The van der Waals surface area contributed by atoms with E-state index in [0.29, 0.717) is 18.8 Å². The van der Waals surface area contributed by atoms with Gasteiger partial charge in [-0.2, -0.15) is 0 Å². The largest absolute Gasteiger partial charge is 0.353 e. The first-order valence-corrected chi connectivity index (χ1v) is 7.08. The highest BCUT2D eigenvalue weighted by Crippen LogP contribution is 2.13. The van der Waals surface area contributed by atoms with E-state index >= 15 is 0 Å². The molecule has 1 saturated heterocycles. The highest BCUT2D eigenvalue weighted by Gasteiger charge is 2.25. The molecule has 1 aromatic heterocycles. The Labute approximate surface area is 119 Å². The minimum Gasteiger partial charge on any atom is -0.353 e. The van der Waals surface area contributed by atoms with E-state index in [4.69, 9.17) is 0 Å². The number of aromatic nitrogens is 1. The number of piperidine rings is 1. The number of hydrogen-bond donors (Lipinski definition) is 1. The molecule has 0 spiro atoms. The summed E-state index contributed by atoms with van der Waals surface area (Å²) in [5, 5.41) is 3.03. The van der Waals surface area contributed by atoms with Gasteiger partial charge in [-0.1, -0.05) is 19.9 Å². The fourth-order valence-corrected chi connectivity index (χ4v) is 2.25. The number of carbonyl (C=O) groups excluding carboxylic acids is 2. The van der Waals surface area contributed by atoms with Crippen molar-refractivity contribution < 1.29 is 9.59 Å². The molecule has 0 unspecified atom stereocenters. The Bertz CT molecular complexity index is 465. The number of hydrogen-bond acceptors (Lipinski definition) is 3. The van der Waals surface area contributed by atoms with Crippen LogP contribution >= 0.6 is 0 Å². The van der Waals surface area contributed by atoms with Crippen LogP contribution in [0.1, 0.15) is 37.2 Å². The van der Waals surface area contributed by atoms with Crippen LogP contribution in [-0.2, 0) is 4.79 Å². The fraction of sp³-hybridized carbons (Fsp3) is 0.533. The zero-order valence-electron chi connectivity index (χ0n) is 12.0. The number of rotatable bonds is 3. The SMILES string of the molecule is CC(C)C(=O)NC1CCN(C(=O)c2ccccn2)CC1. The van der Waals surface area contributed by atoms with Gasteiger partial charge in [0.05, 0.1) is 0 Å². The van der Waals surface area contributed by atoms with Gasteiger partial charge in [0.2, 0.25) is 5.91 Å². The van der Waals surface area contributed by atoms with Gasteiger partial charge in [-0.05, 0) is 25.0 Å². The van der Waals surface area contributed by atoms with Crippen molar-refractivity contribution in [2.24, 2.45) is 5.92 Å². The molecule has 1 N–H and O–H groups in total. The van der Waals surface area contributed by atoms with Crippen molar-refractivity contribution in [3.63, 3.8) is 0 Å². The Hall–Kier alpha value is -1.91. The van der Waals surface area contributed by atoms with Crippen LogP contribution in [0.5, 0.6) is 0 Å². The molecule has 2 heterocycles. The smallest absolute Gasteiger partial charge is 0.272 e. The van der Waals surface area contributed by atoms with E-state index < -0.39 is 0 Å². The average Bonchev–Trinajstić information content (AvgIpc) is 2.48. The summed E-state index contributed by atoms with van der Waals surface area (Å²) >= 11 is 0. The first-order valence-electron chi connectivity index (χ1n) is 7.08. The Balaban J connectivity index is 1.85. The predicted molar refractivity (Wildman–Crippen MR) is 76.1 cm³/mol. The van der Waals surface area contributed by atoms with Crippen LogP contribution in [0, 0.1) is 5.92 Å². The molecule has 1 aliphatic heterocycles. The third kappa shape index (κ3) is 3.56. The first kappa shape index (κ1) is 14.5. The maximum atomic E-state index is 12.2. The second-order valence-corrected chi connectivity index (χ2v) is 5.44. The Morgan fingerprint density at radius 3 is 2.55 bits per heavy atom. The normalized spacial score (nSPS) is 16.2. The van der Waals surface area contributed by atoms with Crippen molar-refractivity contribution >= 4 is 11.8 Å². The number of pyridine rings is 1.